The van der Waals surface area contributed by atoms with Gasteiger partial charge in [-0.05, 0) is 36.8 Å². The molecule has 3 nitrogen and oxygen atoms in total. The number of esters is 1. The third-order valence-corrected chi connectivity index (χ3v) is 3.00. The summed E-state index contributed by atoms with van der Waals surface area (Å²) in [6, 6.07) is 9.05. The van der Waals surface area contributed by atoms with Crippen LogP contribution < -0.4 is 9.47 Å². The van der Waals surface area contributed by atoms with E-state index < -0.39 is 23.4 Å². The van der Waals surface area contributed by atoms with Crippen molar-refractivity contribution in [2.24, 2.45) is 0 Å². The van der Waals surface area contributed by atoms with E-state index >= 15 is 0 Å². The lowest BCUT2D eigenvalue weighted by atomic mass is 10.0. The topological polar surface area (TPSA) is 35.5 Å². The number of carbonyl (C=O) groups is 1. The van der Waals surface area contributed by atoms with Crippen LogP contribution in [0.1, 0.15) is 6.92 Å². The SMILES string of the molecule is C=C(C)C(=O)Oc1ccc(-c2ccc(OC)cc2)c(F)c1F. The maximum atomic E-state index is 14.2. The van der Waals surface area contributed by atoms with Gasteiger partial charge in [-0.15, -0.1) is 0 Å². The van der Waals surface area contributed by atoms with Gasteiger partial charge in [-0.2, -0.15) is 4.39 Å². The van der Waals surface area contributed by atoms with Crippen molar-refractivity contribution in [3.8, 4) is 22.6 Å². The van der Waals surface area contributed by atoms with E-state index in [2.05, 4.69) is 6.58 Å². The lowest BCUT2D eigenvalue weighted by molar-refractivity contribution is -0.130. The molecule has 0 amide bonds. The first kappa shape index (κ1) is 15.7. The van der Waals surface area contributed by atoms with Crippen molar-refractivity contribution in [2.45, 2.75) is 6.92 Å². The van der Waals surface area contributed by atoms with Gasteiger partial charge in [-0.1, -0.05) is 18.7 Å². The summed E-state index contributed by atoms with van der Waals surface area (Å²) in [6.07, 6.45) is 0. The highest BCUT2D eigenvalue weighted by atomic mass is 19.2. The quantitative estimate of drug-likeness (QED) is 0.484. The average molecular weight is 304 g/mol. The van der Waals surface area contributed by atoms with E-state index in [1.807, 2.05) is 0 Å². The summed E-state index contributed by atoms with van der Waals surface area (Å²) < 4.78 is 37.9. The lowest BCUT2D eigenvalue weighted by Gasteiger charge is -2.09. The summed E-state index contributed by atoms with van der Waals surface area (Å²) in [4.78, 5) is 11.4. The van der Waals surface area contributed by atoms with Crippen LogP contribution in [0, 0.1) is 11.6 Å². The zero-order valence-corrected chi connectivity index (χ0v) is 12.2. The van der Waals surface area contributed by atoms with Crippen LogP contribution in [-0.4, -0.2) is 13.1 Å². The van der Waals surface area contributed by atoms with E-state index in [0.29, 0.717) is 11.3 Å². The molecule has 0 aliphatic carbocycles. The first-order chi connectivity index (χ1) is 10.4. The predicted octanol–water partition coefficient (Wildman–Crippen LogP) is 4.12. The molecule has 2 aromatic carbocycles. The molecule has 114 valence electrons. The summed E-state index contributed by atoms with van der Waals surface area (Å²) in [5.41, 5.74) is 0.643. The van der Waals surface area contributed by atoms with Crippen LogP contribution in [0.4, 0.5) is 8.78 Å². The number of hydrogen-bond acceptors (Lipinski definition) is 3. The van der Waals surface area contributed by atoms with Crippen LogP contribution >= 0.6 is 0 Å². The Morgan fingerprint density at radius 2 is 1.68 bits per heavy atom. The normalized spacial score (nSPS) is 10.2. The maximum absolute atomic E-state index is 14.2. The molecule has 0 fully saturated rings. The molecule has 2 aromatic rings. The van der Waals surface area contributed by atoms with Gasteiger partial charge in [0.1, 0.15) is 5.75 Å². The van der Waals surface area contributed by atoms with Crippen LogP contribution in [0.15, 0.2) is 48.6 Å². The third kappa shape index (κ3) is 3.14. The molecule has 0 aliphatic rings. The van der Waals surface area contributed by atoms with Crippen LogP contribution in [0.5, 0.6) is 11.5 Å². The summed E-state index contributed by atoms with van der Waals surface area (Å²) >= 11 is 0. The minimum atomic E-state index is -1.22. The monoisotopic (exact) mass is 304 g/mol. The standard InChI is InChI=1S/C17H14F2O3/c1-10(2)17(20)22-14-9-8-13(15(18)16(14)19)11-4-6-12(21-3)7-5-11/h4-9H,1H2,2-3H3. The van der Waals surface area contributed by atoms with Gasteiger partial charge in [0, 0.05) is 11.1 Å². The largest absolute Gasteiger partial charge is 0.497 e. The molecule has 5 heteroatoms. The number of benzene rings is 2. The van der Waals surface area contributed by atoms with E-state index in [4.69, 9.17) is 9.47 Å². The van der Waals surface area contributed by atoms with Gasteiger partial charge < -0.3 is 9.47 Å². The summed E-state index contributed by atoms with van der Waals surface area (Å²) in [7, 11) is 1.51. The van der Waals surface area contributed by atoms with Crippen molar-refractivity contribution < 1.29 is 23.0 Å². The Kier molecular flexibility index (Phi) is 4.56. The molecule has 22 heavy (non-hydrogen) atoms. The lowest BCUT2D eigenvalue weighted by Crippen LogP contribution is -2.10. The number of hydrogen-bond donors (Lipinski definition) is 0. The fourth-order valence-corrected chi connectivity index (χ4v) is 1.79. The second kappa shape index (κ2) is 6.39. The Hall–Kier alpha value is -2.69. The molecule has 0 radical (unpaired) electrons. The van der Waals surface area contributed by atoms with Crippen LogP contribution in [0.25, 0.3) is 11.1 Å². The van der Waals surface area contributed by atoms with Gasteiger partial charge in [-0.25, -0.2) is 9.18 Å². The van der Waals surface area contributed by atoms with Crippen molar-refractivity contribution in [2.75, 3.05) is 7.11 Å². The molecule has 0 unspecified atom stereocenters. The second-order valence-electron chi connectivity index (χ2n) is 4.64. The van der Waals surface area contributed by atoms with Gasteiger partial charge >= 0.3 is 5.97 Å². The Morgan fingerprint density at radius 3 is 2.23 bits per heavy atom. The molecule has 0 aliphatic heterocycles. The Balaban J connectivity index is 2.37. The smallest absolute Gasteiger partial charge is 0.338 e. The highest BCUT2D eigenvalue weighted by Gasteiger charge is 2.18. The van der Waals surface area contributed by atoms with E-state index in [1.165, 1.54) is 26.2 Å². The average Bonchev–Trinajstić information content (AvgIpc) is 2.52. The van der Waals surface area contributed by atoms with E-state index in [0.717, 1.165) is 0 Å². The van der Waals surface area contributed by atoms with E-state index in [-0.39, 0.29) is 11.1 Å². The van der Waals surface area contributed by atoms with Crippen LogP contribution in [0.3, 0.4) is 0 Å². The number of methoxy groups -OCH3 is 1. The van der Waals surface area contributed by atoms with Gasteiger partial charge in [0.05, 0.1) is 7.11 Å². The summed E-state index contributed by atoms with van der Waals surface area (Å²) in [5.74, 6) is -2.98. The molecule has 0 saturated carbocycles. The molecule has 0 spiro atoms. The first-order valence-corrected chi connectivity index (χ1v) is 6.44. The molecule has 0 N–H and O–H groups in total. The van der Waals surface area contributed by atoms with Crippen molar-refractivity contribution in [3.05, 3.63) is 60.2 Å². The number of ether oxygens (including phenoxy) is 2. The minimum Gasteiger partial charge on any atom is -0.497 e. The molecular formula is C17H14F2O3. The Morgan fingerprint density at radius 1 is 1.05 bits per heavy atom. The fraction of sp³-hybridized carbons (Fsp3) is 0.118. The number of halogens is 2. The number of carbonyl (C=O) groups excluding carboxylic acids is 1. The van der Waals surface area contributed by atoms with Crippen molar-refractivity contribution >= 4 is 5.97 Å². The summed E-state index contributed by atoms with van der Waals surface area (Å²) in [5, 5.41) is 0. The molecule has 0 aromatic heterocycles. The Labute approximate surface area is 126 Å². The third-order valence-electron chi connectivity index (χ3n) is 3.00. The van der Waals surface area contributed by atoms with Crippen LogP contribution in [0.2, 0.25) is 0 Å². The molecule has 0 atom stereocenters. The number of rotatable bonds is 4. The van der Waals surface area contributed by atoms with Gasteiger partial charge in [0.15, 0.2) is 11.6 Å². The van der Waals surface area contributed by atoms with E-state index in [9.17, 15) is 13.6 Å². The second-order valence-corrected chi connectivity index (χ2v) is 4.64. The minimum absolute atomic E-state index is 0.0651. The molecule has 0 bridgehead atoms. The van der Waals surface area contributed by atoms with Crippen molar-refractivity contribution in [3.63, 3.8) is 0 Å². The molecule has 0 saturated heterocycles. The molecule has 0 heterocycles. The molecule has 2 rings (SSSR count). The van der Waals surface area contributed by atoms with Gasteiger partial charge in [-0.3, -0.25) is 0 Å². The fourth-order valence-electron chi connectivity index (χ4n) is 1.79. The highest BCUT2D eigenvalue weighted by Crippen LogP contribution is 2.31. The van der Waals surface area contributed by atoms with Gasteiger partial charge in [0.2, 0.25) is 5.82 Å². The summed E-state index contributed by atoms with van der Waals surface area (Å²) in [6.45, 7) is 4.80. The van der Waals surface area contributed by atoms with Crippen molar-refractivity contribution in [1.82, 2.24) is 0 Å². The highest BCUT2D eigenvalue weighted by molar-refractivity contribution is 5.88. The van der Waals surface area contributed by atoms with Crippen LogP contribution in [-0.2, 0) is 4.79 Å². The van der Waals surface area contributed by atoms with E-state index in [1.54, 1.807) is 24.3 Å². The predicted molar refractivity (Wildman–Crippen MR) is 78.8 cm³/mol. The zero-order chi connectivity index (χ0) is 16.3. The zero-order valence-electron chi connectivity index (χ0n) is 12.2. The Bertz CT molecular complexity index is 721. The van der Waals surface area contributed by atoms with Crippen molar-refractivity contribution in [1.29, 1.82) is 0 Å². The molecular weight excluding hydrogens is 290 g/mol. The first-order valence-electron chi connectivity index (χ1n) is 6.44. The maximum Gasteiger partial charge on any atom is 0.338 e. The van der Waals surface area contributed by atoms with Gasteiger partial charge in [0.25, 0.3) is 0 Å².